The molecule has 1 N–H and O–H groups in total. The zero-order chi connectivity index (χ0) is 12.6. The fourth-order valence-corrected chi connectivity index (χ4v) is 4.06. The first-order valence-electron chi connectivity index (χ1n) is 6.76. The summed E-state index contributed by atoms with van der Waals surface area (Å²) in [5.74, 6) is 2.03. The molecule has 0 aromatic rings. The Kier molecular flexibility index (Phi) is 3.44. The van der Waals surface area contributed by atoms with E-state index in [0.29, 0.717) is 23.5 Å². The van der Waals surface area contributed by atoms with E-state index in [0.717, 1.165) is 37.7 Å². The van der Waals surface area contributed by atoms with Gasteiger partial charge in [0, 0.05) is 12.8 Å². The van der Waals surface area contributed by atoms with E-state index in [9.17, 15) is 9.90 Å². The Morgan fingerprint density at radius 2 is 2.29 bits per heavy atom. The number of ketones is 1. The van der Waals surface area contributed by atoms with E-state index in [4.69, 9.17) is 0 Å². The molecule has 2 aliphatic carbocycles. The molecule has 2 rings (SSSR count). The van der Waals surface area contributed by atoms with Crippen LogP contribution in [0.3, 0.4) is 0 Å². The Morgan fingerprint density at radius 1 is 1.59 bits per heavy atom. The predicted octanol–water partition coefficient (Wildman–Crippen LogP) is 2.96. The van der Waals surface area contributed by atoms with Gasteiger partial charge in [-0.2, -0.15) is 0 Å². The first kappa shape index (κ1) is 12.8. The molecule has 0 aromatic heterocycles. The van der Waals surface area contributed by atoms with E-state index in [1.165, 1.54) is 0 Å². The second-order valence-electron chi connectivity index (χ2n) is 6.45. The van der Waals surface area contributed by atoms with Gasteiger partial charge in [0.05, 0.1) is 6.61 Å². The summed E-state index contributed by atoms with van der Waals surface area (Å²) in [6, 6.07) is 0. The average molecular weight is 236 g/mol. The third-order valence-electron chi connectivity index (χ3n) is 5.12. The van der Waals surface area contributed by atoms with Crippen LogP contribution in [0.2, 0.25) is 0 Å². The Hall–Kier alpha value is -0.630. The second kappa shape index (κ2) is 4.56. The van der Waals surface area contributed by atoms with E-state index in [1.807, 2.05) is 0 Å². The molecule has 0 saturated heterocycles. The van der Waals surface area contributed by atoms with Gasteiger partial charge in [0.15, 0.2) is 0 Å². The maximum Gasteiger partial charge on any atom is 0.133 e. The van der Waals surface area contributed by atoms with Gasteiger partial charge in [-0.1, -0.05) is 20.4 Å². The first-order chi connectivity index (χ1) is 7.96. The number of fused-ring (bicyclic) bond motifs is 1. The van der Waals surface area contributed by atoms with E-state index >= 15 is 0 Å². The first-order valence-corrected chi connectivity index (χ1v) is 6.76. The summed E-state index contributed by atoms with van der Waals surface area (Å²) in [7, 11) is 0. The third-order valence-corrected chi connectivity index (χ3v) is 5.12. The van der Waals surface area contributed by atoms with Crippen LogP contribution in [-0.2, 0) is 4.79 Å². The van der Waals surface area contributed by atoms with Crippen molar-refractivity contribution in [1.82, 2.24) is 0 Å². The number of aliphatic hydroxyl groups is 1. The van der Waals surface area contributed by atoms with Crippen molar-refractivity contribution in [1.29, 1.82) is 0 Å². The highest BCUT2D eigenvalue weighted by atomic mass is 16.3. The number of carbonyl (C=O) groups excluding carboxylic acids is 1. The van der Waals surface area contributed by atoms with Crippen LogP contribution in [0.5, 0.6) is 0 Å². The molecule has 2 heteroatoms. The molecular formula is C15H24O2. The molecule has 2 aliphatic rings. The highest BCUT2D eigenvalue weighted by molar-refractivity contribution is 5.80. The molecule has 0 amide bonds. The second-order valence-corrected chi connectivity index (χ2v) is 6.45. The molecule has 0 aromatic carbocycles. The molecule has 96 valence electrons. The molecular weight excluding hydrogens is 212 g/mol. The van der Waals surface area contributed by atoms with Crippen LogP contribution in [0.1, 0.15) is 46.0 Å². The van der Waals surface area contributed by atoms with Gasteiger partial charge in [-0.15, -0.1) is 0 Å². The smallest absolute Gasteiger partial charge is 0.133 e. The van der Waals surface area contributed by atoms with Gasteiger partial charge in [-0.05, 0) is 48.0 Å². The minimum Gasteiger partial charge on any atom is -0.392 e. The lowest BCUT2D eigenvalue weighted by atomic mass is 9.54. The van der Waals surface area contributed by atoms with Crippen molar-refractivity contribution >= 4 is 5.78 Å². The largest absolute Gasteiger partial charge is 0.392 e. The molecule has 0 bridgehead atoms. The van der Waals surface area contributed by atoms with E-state index < -0.39 is 0 Å². The van der Waals surface area contributed by atoms with Gasteiger partial charge in [0.2, 0.25) is 0 Å². The number of aliphatic hydroxyl groups excluding tert-OH is 1. The van der Waals surface area contributed by atoms with Gasteiger partial charge < -0.3 is 5.11 Å². The van der Waals surface area contributed by atoms with E-state index in [1.54, 1.807) is 0 Å². The molecule has 0 spiro atoms. The van der Waals surface area contributed by atoms with Crippen LogP contribution in [0.25, 0.3) is 0 Å². The molecule has 1 unspecified atom stereocenters. The molecule has 2 fully saturated rings. The summed E-state index contributed by atoms with van der Waals surface area (Å²) in [6.45, 7) is 8.59. The SMILES string of the molecule is C=C(CO)C1CC[C@@]2(C)CC(=O)C[C@@H](C)[C@@H]2C1. The standard InChI is InChI=1S/C15H24O2/c1-10-6-13(17)8-15(3)5-4-12(7-14(10)15)11(2)9-16/h10,12,14,16H,2,4-9H2,1,3H3/t10-,12?,14+,15+/m1/s1. The number of hydrogen-bond acceptors (Lipinski definition) is 2. The van der Waals surface area contributed by atoms with E-state index in [2.05, 4.69) is 20.4 Å². The monoisotopic (exact) mass is 236 g/mol. The fraction of sp³-hybridized carbons (Fsp3) is 0.800. The fourth-order valence-electron chi connectivity index (χ4n) is 4.06. The molecule has 0 heterocycles. The topological polar surface area (TPSA) is 37.3 Å². The van der Waals surface area contributed by atoms with Crippen LogP contribution in [0.15, 0.2) is 12.2 Å². The number of Topliss-reactive ketones (excluding diaryl/α,β-unsaturated/α-hetero) is 1. The minimum absolute atomic E-state index is 0.113. The quantitative estimate of drug-likeness (QED) is 0.748. The lowest BCUT2D eigenvalue weighted by molar-refractivity contribution is -0.130. The minimum atomic E-state index is 0.113. The zero-order valence-corrected chi connectivity index (χ0v) is 11.0. The van der Waals surface area contributed by atoms with Crippen molar-refractivity contribution in [3.63, 3.8) is 0 Å². The van der Waals surface area contributed by atoms with Gasteiger partial charge in [-0.3, -0.25) is 4.79 Å². The molecule has 2 saturated carbocycles. The highest BCUT2D eigenvalue weighted by Gasteiger charge is 2.47. The number of carbonyl (C=O) groups is 1. The van der Waals surface area contributed by atoms with Crippen molar-refractivity contribution in [3.8, 4) is 0 Å². The van der Waals surface area contributed by atoms with Gasteiger partial charge >= 0.3 is 0 Å². The molecule has 4 atom stereocenters. The van der Waals surface area contributed by atoms with Gasteiger partial charge in [-0.25, -0.2) is 0 Å². The van der Waals surface area contributed by atoms with Crippen molar-refractivity contribution in [3.05, 3.63) is 12.2 Å². The van der Waals surface area contributed by atoms with E-state index in [-0.39, 0.29) is 12.0 Å². The van der Waals surface area contributed by atoms with Crippen LogP contribution in [0.4, 0.5) is 0 Å². The van der Waals surface area contributed by atoms with Crippen molar-refractivity contribution in [2.24, 2.45) is 23.2 Å². The summed E-state index contributed by atoms with van der Waals surface area (Å²) < 4.78 is 0. The van der Waals surface area contributed by atoms with Crippen LogP contribution >= 0.6 is 0 Å². The van der Waals surface area contributed by atoms with Crippen molar-refractivity contribution < 1.29 is 9.90 Å². The Labute approximate surface area is 104 Å². The third kappa shape index (κ3) is 2.33. The maximum atomic E-state index is 11.7. The Balaban J connectivity index is 2.13. The Bertz CT molecular complexity index is 334. The number of rotatable bonds is 2. The molecule has 2 nitrogen and oxygen atoms in total. The predicted molar refractivity (Wildman–Crippen MR) is 68.6 cm³/mol. The normalized spacial score (nSPS) is 42.1. The van der Waals surface area contributed by atoms with Crippen LogP contribution < -0.4 is 0 Å². The molecule has 0 radical (unpaired) electrons. The lowest BCUT2D eigenvalue weighted by Gasteiger charge is -2.50. The van der Waals surface area contributed by atoms with Crippen LogP contribution in [0, 0.1) is 23.2 Å². The Morgan fingerprint density at radius 3 is 2.94 bits per heavy atom. The lowest BCUT2D eigenvalue weighted by Crippen LogP contribution is -2.44. The van der Waals surface area contributed by atoms with Crippen LogP contribution in [-0.4, -0.2) is 17.5 Å². The summed E-state index contributed by atoms with van der Waals surface area (Å²) >= 11 is 0. The average Bonchev–Trinajstić information content (AvgIpc) is 2.26. The zero-order valence-electron chi connectivity index (χ0n) is 11.0. The van der Waals surface area contributed by atoms with Crippen molar-refractivity contribution in [2.45, 2.75) is 46.0 Å². The van der Waals surface area contributed by atoms with Crippen molar-refractivity contribution in [2.75, 3.05) is 6.61 Å². The summed E-state index contributed by atoms with van der Waals surface area (Å²) in [6.07, 6.45) is 4.83. The number of hydrogen-bond donors (Lipinski definition) is 1. The van der Waals surface area contributed by atoms with Gasteiger partial charge in [0.25, 0.3) is 0 Å². The maximum absolute atomic E-state index is 11.7. The summed E-state index contributed by atoms with van der Waals surface area (Å²) in [5, 5.41) is 9.20. The molecule has 0 aliphatic heterocycles. The summed E-state index contributed by atoms with van der Waals surface area (Å²) in [4.78, 5) is 11.7. The molecule has 17 heavy (non-hydrogen) atoms. The van der Waals surface area contributed by atoms with Gasteiger partial charge in [0.1, 0.15) is 5.78 Å². The summed E-state index contributed by atoms with van der Waals surface area (Å²) in [5.41, 5.74) is 1.19. The highest BCUT2D eigenvalue weighted by Crippen LogP contribution is 2.53.